The molecule has 0 atom stereocenters. The predicted octanol–water partition coefficient (Wildman–Crippen LogP) is 3.22. The number of amides is 1. The molecule has 1 aliphatic rings. The molecule has 10 nitrogen and oxygen atoms in total. The van der Waals surface area contributed by atoms with Gasteiger partial charge in [-0.1, -0.05) is 40.9 Å². The van der Waals surface area contributed by atoms with Crippen LogP contribution in [0.2, 0.25) is 0 Å². The van der Waals surface area contributed by atoms with Crippen molar-refractivity contribution in [3.63, 3.8) is 0 Å². The molecule has 0 spiro atoms. The Morgan fingerprint density at radius 2 is 1.45 bits per heavy atom. The van der Waals surface area contributed by atoms with E-state index in [9.17, 15) is 13.2 Å². The van der Waals surface area contributed by atoms with Crippen LogP contribution in [-0.4, -0.2) is 68.5 Å². The molecule has 5 rings (SSSR count). The quantitative estimate of drug-likeness (QED) is 0.296. The molecule has 0 unspecified atom stereocenters. The molecule has 0 bridgehead atoms. The van der Waals surface area contributed by atoms with Gasteiger partial charge in [0.25, 0.3) is 15.9 Å². The van der Waals surface area contributed by atoms with E-state index in [1.165, 1.54) is 24.3 Å². The van der Waals surface area contributed by atoms with Crippen LogP contribution in [0.1, 0.15) is 10.4 Å². The molecule has 1 saturated heterocycles. The molecule has 3 aromatic carbocycles. The van der Waals surface area contributed by atoms with Gasteiger partial charge in [0, 0.05) is 57.2 Å². The zero-order chi connectivity index (χ0) is 27.8. The van der Waals surface area contributed by atoms with Crippen LogP contribution in [0.4, 0.5) is 11.6 Å². The number of benzene rings is 3. The minimum Gasteiger partial charge on any atom is -0.364 e. The summed E-state index contributed by atoms with van der Waals surface area (Å²) in [6.45, 7) is 4.54. The summed E-state index contributed by atoms with van der Waals surface area (Å²) < 4.78 is 28.0. The van der Waals surface area contributed by atoms with Crippen molar-refractivity contribution in [1.82, 2.24) is 20.2 Å². The van der Waals surface area contributed by atoms with Crippen molar-refractivity contribution in [2.75, 3.05) is 48.6 Å². The van der Waals surface area contributed by atoms with E-state index in [1.807, 2.05) is 6.07 Å². The number of rotatable bonds is 10. The van der Waals surface area contributed by atoms with Gasteiger partial charge in [-0.15, -0.1) is 0 Å². The lowest BCUT2D eigenvalue weighted by molar-refractivity contribution is 0.0947. The molecule has 2 heterocycles. The van der Waals surface area contributed by atoms with Gasteiger partial charge < -0.3 is 15.1 Å². The number of piperazine rings is 1. The Hall–Kier alpha value is -4.48. The summed E-state index contributed by atoms with van der Waals surface area (Å²) in [5.41, 5.74) is 0.727. The second-order valence-corrected chi connectivity index (χ2v) is 10.9. The molecule has 206 valence electrons. The topological polar surface area (TPSA) is 108 Å². The van der Waals surface area contributed by atoms with E-state index in [0.29, 0.717) is 30.1 Å². The van der Waals surface area contributed by atoms with Gasteiger partial charge in [0.05, 0.1) is 10.6 Å². The summed E-state index contributed by atoms with van der Waals surface area (Å²) in [6, 6.07) is 24.9. The number of sulfonamides is 1. The number of anilines is 2. The van der Waals surface area contributed by atoms with Gasteiger partial charge in [0.15, 0.2) is 5.75 Å². The van der Waals surface area contributed by atoms with Gasteiger partial charge in [-0.05, 0) is 54.6 Å². The minimum absolute atomic E-state index is 0.00380. The lowest BCUT2D eigenvalue weighted by Gasteiger charge is -2.34. The van der Waals surface area contributed by atoms with E-state index in [2.05, 4.69) is 25.1 Å². The number of nitrogens with zero attached hydrogens (tertiary/aromatic N) is 5. The van der Waals surface area contributed by atoms with Crippen molar-refractivity contribution >= 4 is 27.6 Å². The maximum Gasteiger partial charge on any atom is 0.295 e. The number of carbonyl (C=O) groups is 1. The summed E-state index contributed by atoms with van der Waals surface area (Å²) in [7, 11) is -4.09. The maximum absolute atomic E-state index is 13.6. The number of para-hydroxylation sites is 2. The fourth-order valence-electron chi connectivity index (χ4n) is 4.30. The molecule has 0 aliphatic carbocycles. The van der Waals surface area contributed by atoms with E-state index in [4.69, 9.17) is 4.84 Å². The van der Waals surface area contributed by atoms with Crippen LogP contribution >= 0.6 is 0 Å². The Kier molecular flexibility index (Phi) is 8.53. The molecule has 1 aromatic heterocycles. The normalized spacial score (nSPS) is 13.9. The van der Waals surface area contributed by atoms with Crippen LogP contribution in [0.3, 0.4) is 0 Å². The van der Waals surface area contributed by atoms with Crippen LogP contribution in [0.5, 0.6) is 5.75 Å². The van der Waals surface area contributed by atoms with Crippen LogP contribution in [0.25, 0.3) is 0 Å². The molecule has 1 fully saturated rings. The lowest BCUT2D eigenvalue weighted by atomic mass is 10.2. The summed E-state index contributed by atoms with van der Waals surface area (Å²) >= 11 is 0. The summed E-state index contributed by atoms with van der Waals surface area (Å²) in [5, 5.41) is 2.93. The van der Waals surface area contributed by atoms with E-state index in [0.717, 1.165) is 36.6 Å². The molecule has 1 aliphatic heterocycles. The van der Waals surface area contributed by atoms with Crippen molar-refractivity contribution in [1.29, 1.82) is 0 Å². The van der Waals surface area contributed by atoms with Crippen LogP contribution < -0.4 is 19.5 Å². The average molecular weight is 559 g/mol. The Balaban J connectivity index is 1.18. The zero-order valence-corrected chi connectivity index (χ0v) is 22.7. The SMILES string of the molecule is O=C(NCCN1CCN(c2ncccn2)CC1)c1ccc(S(=O)(=O)N(Oc2ccccc2)c2ccccc2)cc1. The van der Waals surface area contributed by atoms with E-state index in [1.54, 1.807) is 73.1 Å². The fourth-order valence-corrected chi connectivity index (χ4v) is 5.55. The third-order valence-corrected chi connectivity index (χ3v) is 8.04. The number of hydrogen-bond donors (Lipinski definition) is 1. The Bertz CT molecular complexity index is 1480. The highest BCUT2D eigenvalue weighted by molar-refractivity contribution is 7.92. The third-order valence-electron chi connectivity index (χ3n) is 6.45. The van der Waals surface area contributed by atoms with Crippen LogP contribution in [0.15, 0.2) is 108 Å². The highest BCUT2D eigenvalue weighted by Crippen LogP contribution is 2.26. The van der Waals surface area contributed by atoms with Crippen molar-refractivity contribution in [3.8, 4) is 5.75 Å². The van der Waals surface area contributed by atoms with Gasteiger partial charge >= 0.3 is 0 Å². The number of hydrogen-bond acceptors (Lipinski definition) is 8. The van der Waals surface area contributed by atoms with Gasteiger partial charge in [-0.3, -0.25) is 9.69 Å². The lowest BCUT2D eigenvalue weighted by Crippen LogP contribution is -2.49. The largest absolute Gasteiger partial charge is 0.364 e. The molecular weight excluding hydrogens is 528 g/mol. The Morgan fingerprint density at radius 1 is 0.825 bits per heavy atom. The Labute approximate surface area is 233 Å². The molecule has 0 radical (unpaired) electrons. The first-order valence-corrected chi connectivity index (χ1v) is 14.4. The molecule has 4 aromatic rings. The highest BCUT2D eigenvalue weighted by Gasteiger charge is 2.28. The van der Waals surface area contributed by atoms with Gasteiger partial charge in [-0.2, -0.15) is 8.42 Å². The monoisotopic (exact) mass is 558 g/mol. The smallest absolute Gasteiger partial charge is 0.295 e. The van der Waals surface area contributed by atoms with E-state index in [-0.39, 0.29) is 10.8 Å². The average Bonchev–Trinajstić information content (AvgIpc) is 3.01. The predicted molar refractivity (Wildman–Crippen MR) is 153 cm³/mol. The molecule has 40 heavy (non-hydrogen) atoms. The summed E-state index contributed by atoms with van der Waals surface area (Å²) in [6.07, 6.45) is 3.48. The second-order valence-electron chi connectivity index (χ2n) is 9.13. The first-order valence-electron chi connectivity index (χ1n) is 13.0. The number of nitrogens with one attached hydrogen (secondary N) is 1. The zero-order valence-electron chi connectivity index (χ0n) is 21.8. The molecule has 11 heteroatoms. The third kappa shape index (κ3) is 6.56. The summed E-state index contributed by atoms with van der Waals surface area (Å²) in [4.78, 5) is 31.6. The number of carbonyl (C=O) groups excluding carboxylic acids is 1. The molecule has 1 amide bonds. The summed E-state index contributed by atoms with van der Waals surface area (Å²) in [5.74, 6) is 0.848. The molecule has 0 saturated carbocycles. The van der Waals surface area contributed by atoms with Gasteiger partial charge in [-0.25, -0.2) is 9.97 Å². The first kappa shape index (κ1) is 27.1. The van der Waals surface area contributed by atoms with Gasteiger partial charge in [0.2, 0.25) is 5.95 Å². The highest BCUT2D eigenvalue weighted by atomic mass is 32.2. The fraction of sp³-hybridized carbons (Fsp3) is 0.207. The Morgan fingerprint density at radius 3 is 2.10 bits per heavy atom. The number of aromatic nitrogens is 2. The standard InChI is InChI=1S/C29H30N6O4S/c36-28(30-18-19-33-20-22-34(23-21-33)29-31-16-7-17-32-29)24-12-14-27(15-13-24)40(37,38)35(25-8-3-1-4-9-25)39-26-10-5-2-6-11-26/h1-17H,18-23H2,(H,30,36). The molecule has 1 N–H and O–H groups in total. The molecular formula is C29H30N6O4S. The first-order chi connectivity index (χ1) is 19.5. The van der Waals surface area contributed by atoms with Crippen LogP contribution in [0, 0.1) is 0 Å². The van der Waals surface area contributed by atoms with Crippen molar-refractivity contribution in [2.24, 2.45) is 0 Å². The van der Waals surface area contributed by atoms with Crippen molar-refractivity contribution in [3.05, 3.63) is 109 Å². The maximum atomic E-state index is 13.6. The minimum atomic E-state index is -4.09. The second kappa shape index (κ2) is 12.6. The van der Waals surface area contributed by atoms with Gasteiger partial charge in [0.1, 0.15) is 0 Å². The van der Waals surface area contributed by atoms with E-state index < -0.39 is 10.0 Å². The van der Waals surface area contributed by atoms with E-state index >= 15 is 0 Å². The van der Waals surface area contributed by atoms with Crippen molar-refractivity contribution in [2.45, 2.75) is 4.90 Å². The van der Waals surface area contributed by atoms with Crippen molar-refractivity contribution < 1.29 is 18.0 Å². The van der Waals surface area contributed by atoms with Crippen LogP contribution in [-0.2, 0) is 10.0 Å².